The third-order valence-corrected chi connectivity index (χ3v) is 6.00. The highest BCUT2D eigenvalue weighted by Gasteiger charge is 2.20. The first-order chi connectivity index (χ1) is 13.7. The van der Waals surface area contributed by atoms with Gasteiger partial charge in [0, 0.05) is 12.4 Å². The second-order valence-corrected chi connectivity index (χ2v) is 7.97. The fourth-order valence-electron chi connectivity index (χ4n) is 3.46. The molecule has 1 atom stereocenters. The maximum Gasteiger partial charge on any atom is 0.262 e. The number of hydrogen-bond acceptors (Lipinski definition) is 5. The summed E-state index contributed by atoms with van der Waals surface area (Å²) in [6.45, 7) is 1.35. The van der Waals surface area contributed by atoms with E-state index >= 15 is 0 Å². The van der Waals surface area contributed by atoms with Gasteiger partial charge >= 0.3 is 0 Å². The van der Waals surface area contributed by atoms with Crippen LogP contribution in [0.4, 0.5) is 0 Å². The van der Waals surface area contributed by atoms with Crippen molar-refractivity contribution >= 4 is 22.7 Å². The molecule has 0 amide bonds. The summed E-state index contributed by atoms with van der Waals surface area (Å²) in [5.74, 6) is 1.71. The smallest absolute Gasteiger partial charge is 0.262 e. The largest absolute Gasteiger partial charge is 0.497 e. The predicted octanol–water partition coefficient (Wildman–Crippen LogP) is 3.92. The highest BCUT2D eigenvalue weighted by atomic mass is 32.2. The average Bonchev–Trinajstić information content (AvgIpc) is 3.24. The first kappa shape index (κ1) is 19.0. The topological polar surface area (TPSA) is 53.3 Å². The highest BCUT2D eigenvalue weighted by molar-refractivity contribution is 7.99. The number of para-hydroxylation sites is 1. The second-order valence-electron chi connectivity index (χ2n) is 6.91. The standard InChI is InChI=1S/C22H24N2O3S/c1-26-17-10-8-16(9-11-17)12-14-28-22-23-20-7-3-2-6-19(20)21(25)24(22)15-18-5-4-13-27-18/h2-3,6-11,18H,4-5,12-15H2,1H3/t18-/m1/s1. The zero-order valence-corrected chi connectivity index (χ0v) is 16.8. The van der Waals surface area contributed by atoms with Crippen LogP contribution in [0, 0.1) is 0 Å². The van der Waals surface area contributed by atoms with E-state index in [9.17, 15) is 4.79 Å². The number of ether oxygens (including phenoxy) is 2. The van der Waals surface area contributed by atoms with E-state index in [0.29, 0.717) is 11.9 Å². The molecule has 0 N–H and O–H groups in total. The van der Waals surface area contributed by atoms with Crippen molar-refractivity contribution in [3.63, 3.8) is 0 Å². The number of methoxy groups -OCH3 is 1. The number of rotatable bonds is 7. The minimum Gasteiger partial charge on any atom is -0.497 e. The summed E-state index contributed by atoms with van der Waals surface area (Å²) in [7, 11) is 1.67. The molecule has 0 bridgehead atoms. The van der Waals surface area contributed by atoms with Crippen molar-refractivity contribution in [1.82, 2.24) is 9.55 Å². The molecule has 3 aromatic rings. The Kier molecular flexibility index (Phi) is 5.98. The molecule has 0 aliphatic carbocycles. The highest BCUT2D eigenvalue weighted by Crippen LogP contribution is 2.22. The molecule has 5 nitrogen and oxygen atoms in total. The molecule has 0 saturated carbocycles. The van der Waals surface area contributed by atoms with Gasteiger partial charge in [-0.15, -0.1) is 0 Å². The predicted molar refractivity (Wildman–Crippen MR) is 112 cm³/mol. The van der Waals surface area contributed by atoms with Crippen LogP contribution >= 0.6 is 11.8 Å². The van der Waals surface area contributed by atoms with Gasteiger partial charge in [0.1, 0.15) is 5.75 Å². The van der Waals surface area contributed by atoms with E-state index in [4.69, 9.17) is 14.5 Å². The van der Waals surface area contributed by atoms with Crippen molar-refractivity contribution in [3.8, 4) is 5.75 Å². The first-order valence-electron chi connectivity index (χ1n) is 9.61. The number of benzene rings is 2. The van der Waals surface area contributed by atoms with Crippen molar-refractivity contribution in [3.05, 3.63) is 64.4 Å². The zero-order chi connectivity index (χ0) is 19.3. The normalized spacial score (nSPS) is 16.5. The monoisotopic (exact) mass is 396 g/mol. The van der Waals surface area contributed by atoms with Gasteiger partial charge in [0.15, 0.2) is 5.16 Å². The summed E-state index contributed by atoms with van der Waals surface area (Å²) in [4.78, 5) is 17.9. The summed E-state index contributed by atoms with van der Waals surface area (Å²) in [6, 6.07) is 15.7. The maximum atomic E-state index is 13.1. The third kappa shape index (κ3) is 4.23. The van der Waals surface area contributed by atoms with Crippen LogP contribution in [0.5, 0.6) is 5.75 Å². The summed E-state index contributed by atoms with van der Waals surface area (Å²) in [6.07, 6.45) is 3.05. The van der Waals surface area contributed by atoms with Crippen LogP contribution in [0.2, 0.25) is 0 Å². The average molecular weight is 397 g/mol. The molecule has 6 heteroatoms. The lowest BCUT2D eigenvalue weighted by atomic mass is 10.2. The Hall–Kier alpha value is -2.31. The Balaban J connectivity index is 1.55. The van der Waals surface area contributed by atoms with Crippen molar-refractivity contribution in [2.75, 3.05) is 19.5 Å². The molecule has 1 fully saturated rings. The van der Waals surface area contributed by atoms with Crippen LogP contribution in [0.3, 0.4) is 0 Å². The van der Waals surface area contributed by atoms with Gasteiger partial charge in [-0.05, 0) is 49.1 Å². The Bertz CT molecular complexity index is 995. The lowest BCUT2D eigenvalue weighted by Gasteiger charge is -2.16. The molecule has 4 rings (SSSR count). The number of hydrogen-bond donors (Lipinski definition) is 0. The van der Waals surface area contributed by atoms with Crippen molar-refractivity contribution in [2.45, 2.75) is 37.1 Å². The van der Waals surface area contributed by atoms with Crippen molar-refractivity contribution in [2.24, 2.45) is 0 Å². The quantitative estimate of drug-likeness (QED) is 0.448. The number of aromatic nitrogens is 2. The van der Waals surface area contributed by atoms with Crippen LogP contribution in [-0.2, 0) is 17.7 Å². The number of thioether (sulfide) groups is 1. The van der Waals surface area contributed by atoms with Gasteiger partial charge in [-0.3, -0.25) is 9.36 Å². The van der Waals surface area contributed by atoms with Gasteiger partial charge < -0.3 is 9.47 Å². The van der Waals surface area contributed by atoms with Gasteiger partial charge in [0.2, 0.25) is 0 Å². The molecule has 1 aliphatic rings. The van der Waals surface area contributed by atoms with Gasteiger partial charge in [0.05, 0.1) is 30.7 Å². The molecule has 0 radical (unpaired) electrons. The lowest BCUT2D eigenvalue weighted by molar-refractivity contribution is 0.0937. The fraction of sp³-hybridized carbons (Fsp3) is 0.364. The Labute approximate surface area is 168 Å². The Morgan fingerprint density at radius 3 is 2.79 bits per heavy atom. The number of fused-ring (bicyclic) bond motifs is 1. The third-order valence-electron chi connectivity index (χ3n) is 5.02. The van der Waals surface area contributed by atoms with Crippen molar-refractivity contribution < 1.29 is 9.47 Å². The molecule has 1 aliphatic heterocycles. The van der Waals surface area contributed by atoms with E-state index in [-0.39, 0.29) is 11.7 Å². The van der Waals surface area contributed by atoms with E-state index in [1.54, 1.807) is 23.4 Å². The SMILES string of the molecule is COc1ccc(CCSc2nc3ccccc3c(=O)n2C[C@H]2CCCO2)cc1. The molecule has 0 spiro atoms. The second kappa shape index (κ2) is 8.80. The molecule has 0 unspecified atom stereocenters. The first-order valence-corrected chi connectivity index (χ1v) is 10.6. The lowest BCUT2D eigenvalue weighted by Crippen LogP contribution is -2.28. The van der Waals surface area contributed by atoms with Gasteiger partial charge in [-0.25, -0.2) is 4.98 Å². The summed E-state index contributed by atoms with van der Waals surface area (Å²) in [5.41, 5.74) is 2.01. The van der Waals surface area contributed by atoms with Gasteiger partial charge in [0.25, 0.3) is 5.56 Å². The molecule has 28 heavy (non-hydrogen) atoms. The van der Waals surface area contributed by atoms with E-state index in [1.165, 1.54) is 5.56 Å². The van der Waals surface area contributed by atoms with Crippen LogP contribution in [0.15, 0.2) is 58.5 Å². The van der Waals surface area contributed by atoms with Gasteiger partial charge in [-0.2, -0.15) is 0 Å². The molecular weight excluding hydrogens is 372 g/mol. The van der Waals surface area contributed by atoms with E-state index < -0.39 is 0 Å². The minimum atomic E-state index is 0.0213. The van der Waals surface area contributed by atoms with Crippen molar-refractivity contribution in [1.29, 1.82) is 0 Å². The molecular formula is C22H24N2O3S. The molecule has 2 heterocycles. The van der Waals surface area contributed by atoms with Crippen LogP contribution in [0.25, 0.3) is 10.9 Å². The van der Waals surface area contributed by atoms with E-state index in [0.717, 1.165) is 48.0 Å². The molecule has 1 saturated heterocycles. The summed E-state index contributed by atoms with van der Waals surface area (Å²) < 4.78 is 12.8. The summed E-state index contributed by atoms with van der Waals surface area (Å²) in [5, 5.41) is 1.44. The zero-order valence-electron chi connectivity index (χ0n) is 16.0. The number of nitrogens with zero attached hydrogens (tertiary/aromatic N) is 2. The Morgan fingerprint density at radius 1 is 1.21 bits per heavy atom. The molecule has 2 aromatic carbocycles. The fourth-order valence-corrected chi connectivity index (χ4v) is 4.46. The van der Waals surface area contributed by atoms with Crippen LogP contribution < -0.4 is 10.3 Å². The summed E-state index contributed by atoms with van der Waals surface area (Å²) >= 11 is 1.63. The Morgan fingerprint density at radius 2 is 2.04 bits per heavy atom. The molecule has 1 aromatic heterocycles. The molecule has 146 valence electrons. The minimum absolute atomic E-state index is 0.0213. The number of aryl methyl sites for hydroxylation is 1. The van der Waals surface area contributed by atoms with Gasteiger partial charge in [-0.1, -0.05) is 36.0 Å². The van der Waals surface area contributed by atoms with Crippen LogP contribution in [-0.4, -0.2) is 35.1 Å². The van der Waals surface area contributed by atoms with E-state index in [1.807, 2.05) is 36.4 Å². The maximum absolute atomic E-state index is 13.1. The van der Waals surface area contributed by atoms with Crippen LogP contribution in [0.1, 0.15) is 18.4 Å². The van der Waals surface area contributed by atoms with E-state index in [2.05, 4.69) is 12.1 Å².